The van der Waals surface area contributed by atoms with E-state index in [4.69, 9.17) is 17.3 Å². The Balaban J connectivity index is 2.12. The molecule has 2 rings (SSSR count). The molecule has 2 N–H and O–H groups in total. The molecule has 0 saturated heterocycles. The van der Waals surface area contributed by atoms with Gasteiger partial charge in [0.15, 0.2) is 0 Å². The summed E-state index contributed by atoms with van der Waals surface area (Å²) in [6, 6.07) is 6.14. The predicted octanol–water partition coefficient (Wildman–Crippen LogP) is 3.83. The van der Waals surface area contributed by atoms with Crippen molar-refractivity contribution < 1.29 is 0 Å². The Morgan fingerprint density at radius 1 is 1.50 bits per heavy atom. The topological polar surface area (TPSA) is 29.3 Å². The van der Waals surface area contributed by atoms with Crippen molar-refractivity contribution in [2.24, 2.45) is 11.7 Å². The fraction of sp³-hybridized carbons (Fsp3) is 0.571. The molecular weight excluding hydrogens is 312 g/mol. The summed E-state index contributed by atoms with van der Waals surface area (Å²) in [6.45, 7) is 1.74. The number of nitrogens with zero attached hydrogens (tertiary/aromatic N) is 1. The molecule has 1 aliphatic carbocycles. The fourth-order valence-corrected chi connectivity index (χ4v) is 3.22. The van der Waals surface area contributed by atoms with Gasteiger partial charge in [0.25, 0.3) is 0 Å². The third kappa shape index (κ3) is 3.27. The maximum absolute atomic E-state index is 6.09. The zero-order valence-corrected chi connectivity index (χ0v) is 13.0. The zero-order chi connectivity index (χ0) is 13.1. The van der Waals surface area contributed by atoms with E-state index in [0.29, 0.717) is 6.54 Å². The van der Waals surface area contributed by atoms with Gasteiger partial charge in [-0.15, -0.1) is 0 Å². The van der Waals surface area contributed by atoms with E-state index >= 15 is 0 Å². The van der Waals surface area contributed by atoms with Gasteiger partial charge in [0.05, 0.1) is 0 Å². The molecule has 1 saturated carbocycles. The second-order valence-electron chi connectivity index (χ2n) is 5.15. The van der Waals surface area contributed by atoms with Crippen LogP contribution in [0.25, 0.3) is 0 Å². The van der Waals surface area contributed by atoms with Crippen molar-refractivity contribution in [1.29, 1.82) is 0 Å². The van der Waals surface area contributed by atoms with Crippen molar-refractivity contribution in [3.63, 3.8) is 0 Å². The lowest BCUT2D eigenvalue weighted by molar-refractivity contribution is 0.164. The quantitative estimate of drug-likeness (QED) is 0.888. The van der Waals surface area contributed by atoms with Crippen LogP contribution in [0.5, 0.6) is 0 Å². The Kier molecular flexibility index (Phi) is 5.07. The highest BCUT2D eigenvalue weighted by Gasteiger charge is 2.24. The first-order valence-corrected chi connectivity index (χ1v) is 7.64. The van der Waals surface area contributed by atoms with Gasteiger partial charge in [-0.1, -0.05) is 34.0 Å². The van der Waals surface area contributed by atoms with Crippen LogP contribution in [-0.4, -0.2) is 25.0 Å². The highest BCUT2D eigenvalue weighted by atomic mass is 79.9. The van der Waals surface area contributed by atoms with Gasteiger partial charge in [-0.05, 0) is 49.6 Å². The van der Waals surface area contributed by atoms with Gasteiger partial charge >= 0.3 is 0 Å². The summed E-state index contributed by atoms with van der Waals surface area (Å²) in [5.74, 6) is 0.849. The highest BCUT2D eigenvalue weighted by Crippen LogP contribution is 2.32. The molecule has 1 unspecified atom stereocenters. The second-order valence-corrected chi connectivity index (χ2v) is 6.44. The van der Waals surface area contributed by atoms with Crippen LogP contribution in [0.15, 0.2) is 22.7 Å². The molecule has 2 nitrogen and oxygen atoms in total. The van der Waals surface area contributed by atoms with Crippen molar-refractivity contribution in [2.45, 2.75) is 25.3 Å². The van der Waals surface area contributed by atoms with E-state index < -0.39 is 0 Å². The number of likely N-dealkylation sites (N-methyl/N-ethyl adjacent to an activating group) is 1. The van der Waals surface area contributed by atoms with Crippen LogP contribution < -0.4 is 5.73 Å². The number of benzene rings is 1. The molecular formula is C14H20BrClN2. The molecule has 1 aromatic rings. The summed E-state index contributed by atoms with van der Waals surface area (Å²) in [6.07, 6.45) is 4.10. The van der Waals surface area contributed by atoms with Crippen molar-refractivity contribution in [3.05, 3.63) is 33.3 Å². The molecule has 0 amide bonds. The van der Waals surface area contributed by atoms with E-state index in [-0.39, 0.29) is 6.04 Å². The second kappa shape index (κ2) is 6.38. The summed E-state index contributed by atoms with van der Waals surface area (Å²) in [7, 11) is 2.16. The van der Waals surface area contributed by atoms with E-state index in [2.05, 4.69) is 27.9 Å². The van der Waals surface area contributed by atoms with E-state index in [1.807, 2.05) is 18.2 Å². The van der Waals surface area contributed by atoms with Crippen LogP contribution in [0, 0.1) is 5.92 Å². The first-order valence-electron chi connectivity index (χ1n) is 6.47. The first-order chi connectivity index (χ1) is 8.61. The summed E-state index contributed by atoms with van der Waals surface area (Å²) >= 11 is 9.68. The van der Waals surface area contributed by atoms with Crippen molar-refractivity contribution in [2.75, 3.05) is 20.1 Å². The molecule has 18 heavy (non-hydrogen) atoms. The average Bonchev–Trinajstić information content (AvgIpc) is 2.29. The van der Waals surface area contributed by atoms with Gasteiger partial charge in [-0.3, -0.25) is 4.90 Å². The fourth-order valence-electron chi connectivity index (χ4n) is 2.52. The molecule has 0 spiro atoms. The average molecular weight is 332 g/mol. The van der Waals surface area contributed by atoms with Gasteiger partial charge in [-0.2, -0.15) is 0 Å². The number of hydrogen-bond donors (Lipinski definition) is 1. The Labute approximate surface area is 123 Å². The molecule has 0 aliphatic heterocycles. The number of nitrogens with two attached hydrogens (primary N) is 1. The van der Waals surface area contributed by atoms with Crippen LogP contribution in [0.1, 0.15) is 30.9 Å². The van der Waals surface area contributed by atoms with Gasteiger partial charge in [0.1, 0.15) is 0 Å². The van der Waals surface area contributed by atoms with E-state index in [0.717, 1.165) is 22.0 Å². The third-order valence-electron chi connectivity index (χ3n) is 3.84. The van der Waals surface area contributed by atoms with Crippen molar-refractivity contribution >= 4 is 27.5 Å². The number of halogens is 2. The standard InChI is InChI=1S/C14H20BrClN2/c1-18(9-10-3-2-4-10)14(8-17)12-7-11(16)5-6-13(12)15/h5-7,10,14H,2-4,8-9,17H2,1H3. The SMILES string of the molecule is CN(CC1CCC1)C(CN)c1cc(Cl)ccc1Br. The normalized spacial score (nSPS) is 17.8. The lowest BCUT2D eigenvalue weighted by Gasteiger charge is -2.35. The van der Waals surface area contributed by atoms with Gasteiger partial charge in [0, 0.05) is 28.6 Å². The number of rotatable bonds is 5. The largest absolute Gasteiger partial charge is 0.329 e. The maximum Gasteiger partial charge on any atom is 0.0479 e. The lowest BCUT2D eigenvalue weighted by atomic mass is 9.85. The minimum atomic E-state index is 0.235. The van der Waals surface area contributed by atoms with Crippen molar-refractivity contribution in [3.8, 4) is 0 Å². The smallest absolute Gasteiger partial charge is 0.0479 e. The van der Waals surface area contributed by atoms with Crippen LogP contribution in [0.3, 0.4) is 0 Å². The zero-order valence-electron chi connectivity index (χ0n) is 10.7. The van der Waals surface area contributed by atoms with Crippen LogP contribution in [0.2, 0.25) is 5.02 Å². The van der Waals surface area contributed by atoms with Crippen molar-refractivity contribution in [1.82, 2.24) is 4.90 Å². The Morgan fingerprint density at radius 2 is 2.22 bits per heavy atom. The molecule has 1 fully saturated rings. The van der Waals surface area contributed by atoms with Crippen LogP contribution in [-0.2, 0) is 0 Å². The Hall–Kier alpha value is -0.0900. The predicted molar refractivity (Wildman–Crippen MR) is 80.9 cm³/mol. The van der Waals surface area contributed by atoms with E-state index in [9.17, 15) is 0 Å². The Bertz CT molecular complexity index is 407. The molecule has 0 aromatic heterocycles. The molecule has 0 heterocycles. The molecule has 1 aliphatic rings. The Morgan fingerprint density at radius 3 is 2.78 bits per heavy atom. The van der Waals surface area contributed by atoms with Crippen LogP contribution in [0.4, 0.5) is 0 Å². The summed E-state index contributed by atoms with van der Waals surface area (Å²) in [5.41, 5.74) is 7.14. The maximum atomic E-state index is 6.09. The molecule has 100 valence electrons. The van der Waals surface area contributed by atoms with E-state index in [1.165, 1.54) is 24.8 Å². The first kappa shape index (κ1) is 14.3. The molecule has 4 heteroatoms. The summed E-state index contributed by atoms with van der Waals surface area (Å²) < 4.78 is 1.09. The van der Waals surface area contributed by atoms with E-state index in [1.54, 1.807) is 0 Å². The van der Waals surface area contributed by atoms with Crippen LogP contribution >= 0.6 is 27.5 Å². The molecule has 1 atom stereocenters. The number of hydrogen-bond acceptors (Lipinski definition) is 2. The van der Waals surface area contributed by atoms with Gasteiger partial charge in [0.2, 0.25) is 0 Å². The minimum absolute atomic E-state index is 0.235. The van der Waals surface area contributed by atoms with Gasteiger partial charge in [-0.25, -0.2) is 0 Å². The van der Waals surface area contributed by atoms with Gasteiger partial charge < -0.3 is 5.73 Å². The lowest BCUT2D eigenvalue weighted by Crippen LogP contribution is -2.36. The monoisotopic (exact) mass is 330 g/mol. The summed E-state index contributed by atoms with van der Waals surface area (Å²) in [4.78, 5) is 2.36. The third-order valence-corrected chi connectivity index (χ3v) is 4.80. The molecule has 1 aromatic carbocycles. The minimum Gasteiger partial charge on any atom is -0.329 e. The summed E-state index contributed by atoms with van der Waals surface area (Å²) in [5, 5.41) is 0.767. The molecule has 0 radical (unpaired) electrons. The highest BCUT2D eigenvalue weighted by molar-refractivity contribution is 9.10. The molecule has 0 bridgehead atoms.